The number of benzene rings is 2. The van der Waals surface area contributed by atoms with Crippen molar-refractivity contribution in [3.8, 4) is 11.5 Å². The molecule has 0 atom stereocenters. The molecule has 3 heteroatoms. The van der Waals surface area contributed by atoms with Gasteiger partial charge < -0.3 is 9.57 Å². The fourth-order valence-corrected chi connectivity index (χ4v) is 1.32. The molecule has 0 saturated carbocycles. The lowest BCUT2D eigenvalue weighted by Gasteiger charge is -2.10. The van der Waals surface area contributed by atoms with E-state index in [2.05, 4.69) is 5.48 Å². The lowest BCUT2D eigenvalue weighted by Crippen LogP contribution is -2.05. The highest BCUT2D eigenvalue weighted by Gasteiger charge is 2.02. The van der Waals surface area contributed by atoms with E-state index in [4.69, 9.17) is 9.57 Å². The molecule has 2 aromatic rings. The van der Waals surface area contributed by atoms with Crippen molar-refractivity contribution in [3.63, 3.8) is 0 Å². The quantitative estimate of drug-likeness (QED) is 0.795. The molecule has 0 aromatic heterocycles. The molecule has 0 aliphatic carbocycles. The summed E-state index contributed by atoms with van der Waals surface area (Å²) in [5.74, 6) is 1.36. The lowest BCUT2D eigenvalue weighted by atomic mass is 10.3. The van der Waals surface area contributed by atoms with E-state index in [1.165, 1.54) is 0 Å². The summed E-state index contributed by atoms with van der Waals surface area (Å²) in [6.07, 6.45) is 0. The molecule has 0 bridgehead atoms. The Morgan fingerprint density at radius 2 is 1.44 bits per heavy atom. The van der Waals surface area contributed by atoms with E-state index in [1.807, 2.05) is 54.6 Å². The molecule has 0 heterocycles. The molecule has 0 radical (unpaired) electrons. The zero-order valence-electron chi connectivity index (χ0n) is 9.01. The van der Waals surface area contributed by atoms with E-state index >= 15 is 0 Å². The third kappa shape index (κ3) is 2.45. The molecule has 2 rings (SSSR count). The molecule has 3 nitrogen and oxygen atoms in total. The Hall–Kier alpha value is -2.16. The zero-order chi connectivity index (χ0) is 11.2. The maximum Gasteiger partial charge on any atom is 0.196 e. The van der Waals surface area contributed by atoms with Gasteiger partial charge in [0, 0.05) is 0 Å². The second-order valence-electron chi connectivity index (χ2n) is 3.22. The van der Waals surface area contributed by atoms with Crippen molar-refractivity contribution in [1.29, 1.82) is 0 Å². The van der Waals surface area contributed by atoms with Crippen molar-refractivity contribution in [3.05, 3.63) is 54.6 Å². The Kier molecular flexibility index (Phi) is 3.28. The van der Waals surface area contributed by atoms with Crippen molar-refractivity contribution in [2.24, 2.45) is 0 Å². The molecule has 0 aliphatic rings. The van der Waals surface area contributed by atoms with Gasteiger partial charge in [0.1, 0.15) is 0 Å². The van der Waals surface area contributed by atoms with Crippen molar-refractivity contribution in [1.82, 2.24) is 0 Å². The average Bonchev–Trinajstić information content (AvgIpc) is 2.38. The maximum absolute atomic E-state index is 5.44. The number of hydrogen-bond acceptors (Lipinski definition) is 3. The third-order valence-corrected chi connectivity index (χ3v) is 2.12. The first kappa shape index (κ1) is 10.4. The van der Waals surface area contributed by atoms with Gasteiger partial charge in [0.15, 0.2) is 11.5 Å². The van der Waals surface area contributed by atoms with E-state index in [-0.39, 0.29) is 0 Å². The van der Waals surface area contributed by atoms with Gasteiger partial charge in [0.25, 0.3) is 0 Å². The summed E-state index contributed by atoms with van der Waals surface area (Å²) in [5, 5.41) is 0. The summed E-state index contributed by atoms with van der Waals surface area (Å²) in [6.45, 7) is 0. The summed E-state index contributed by atoms with van der Waals surface area (Å²) in [5.41, 5.74) is 3.75. The van der Waals surface area contributed by atoms with Crippen LogP contribution in [0.1, 0.15) is 0 Å². The number of methoxy groups -OCH3 is 1. The van der Waals surface area contributed by atoms with Crippen molar-refractivity contribution in [2.45, 2.75) is 0 Å². The SMILES string of the molecule is COc1ccccc1ONc1ccccc1. The molecule has 0 aliphatic heterocycles. The van der Waals surface area contributed by atoms with Crippen LogP contribution in [0.15, 0.2) is 54.6 Å². The monoisotopic (exact) mass is 215 g/mol. The molecule has 0 unspecified atom stereocenters. The van der Waals surface area contributed by atoms with Crippen LogP contribution in [0.4, 0.5) is 5.69 Å². The molecule has 0 fully saturated rings. The Bertz CT molecular complexity index is 443. The van der Waals surface area contributed by atoms with Crippen LogP contribution >= 0.6 is 0 Å². The predicted octanol–water partition coefficient (Wildman–Crippen LogP) is 3.10. The minimum Gasteiger partial charge on any atom is -0.493 e. The summed E-state index contributed by atoms with van der Waals surface area (Å²) in [7, 11) is 1.62. The van der Waals surface area contributed by atoms with Gasteiger partial charge in [-0.25, -0.2) is 5.48 Å². The van der Waals surface area contributed by atoms with Gasteiger partial charge in [-0.3, -0.25) is 0 Å². The average molecular weight is 215 g/mol. The van der Waals surface area contributed by atoms with Gasteiger partial charge in [-0.1, -0.05) is 30.3 Å². The molecule has 0 spiro atoms. The Labute approximate surface area is 94.6 Å². The molecule has 0 saturated heterocycles. The van der Waals surface area contributed by atoms with Crippen molar-refractivity contribution >= 4 is 5.69 Å². The Morgan fingerprint density at radius 3 is 2.12 bits per heavy atom. The highest BCUT2D eigenvalue weighted by molar-refractivity contribution is 5.44. The molecular weight excluding hydrogens is 202 g/mol. The van der Waals surface area contributed by atoms with Gasteiger partial charge in [-0.15, -0.1) is 0 Å². The van der Waals surface area contributed by atoms with E-state index < -0.39 is 0 Å². The summed E-state index contributed by atoms with van der Waals surface area (Å²) in [4.78, 5) is 5.44. The van der Waals surface area contributed by atoms with Crippen LogP contribution in [0.5, 0.6) is 11.5 Å². The number of rotatable bonds is 4. The number of para-hydroxylation sites is 3. The van der Waals surface area contributed by atoms with Crippen LogP contribution in [-0.4, -0.2) is 7.11 Å². The van der Waals surface area contributed by atoms with E-state index in [1.54, 1.807) is 7.11 Å². The van der Waals surface area contributed by atoms with Gasteiger partial charge >= 0.3 is 0 Å². The van der Waals surface area contributed by atoms with Crippen molar-refractivity contribution < 1.29 is 9.57 Å². The normalized spacial score (nSPS) is 9.56. The summed E-state index contributed by atoms with van der Waals surface area (Å²) in [6, 6.07) is 17.2. The van der Waals surface area contributed by atoms with Crippen LogP contribution < -0.4 is 15.1 Å². The fraction of sp³-hybridized carbons (Fsp3) is 0.0769. The molecule has 1 N–H and O–H groups in total. The van der Waals surface area contributed by atoms with Gasteiger partial charge in [0.2, 0.25) is 0 Å². The van der Waals surface area contributed by atoms with Gasteiger partial charge in [-0.05, 0) is 24.3 Å². The number of nitrogens with one attached hydrogen (secondary N) is 1. The second kappa shape index (κ2) is 5.07. The molecule has 82 valence electrons. The minimum absolute atomic E-state index is 0.661. The number of anilines is 1. The first-order chi connectivity index (χ1) is 7.90. The topological polar surface area (TPSA) is 30.5 Å². The molecule has 16 heavy (non-hydrogen) atoms. The fourth-order valence-electron chi connectivity index (χ4n) is 1.32. The number of ether oxygens (including phenoxy) is 1. The first-order valence-electron chi connectivity index (χ1n) is 5.01. The van der Waals surface area contributed by atoms with Crippen LogP contribution in [0, 0.1) is 0 Å². The van der Waals surface area contributed by atoms with Crippen LogP contribution in [0.25, 0.3) is 0 Å². The zero-order valence-corrected chi connectivity index (χ0v) is 9.01. The third-order valence-electron chi connectivity index (χ3n) is 2.12. The first-order valence-corrected chi connectivity index (χ1v) is 5.01. The summed E-state index contributed by atoms with van der Waals surface area (Å²) < 4.78 is 5.17. The minimum atomic E-state index is 0.661. The van der Waals surface area contributed by atoms with E-state index in [0.717, 1.165) is 5.69 Å². The van der Waals surface area contributed by atoms with Gasteiger partial charge in [-0.2, -0.15) is 0 Å². The molecular formula is C13H13NO2. The van der Waals surface area contributed by atoms with Gasteiger partial charge in [0.05, 0.1) is 12.8 Å². The number of hydrogen-bond donors (Lipinski definition) is 1. The Balaban J connectivity index is 2.05. The Morgan fingerprint density at radius 1 is 0.812 bits per heavy atom. The largest absolute Gasteiger partial charge is 0.493 e. The van der Waals surface area contributed by atoms with E-state index in [0.29, 0.717) is 11.5 Å². The summed E-state index contributed by atoms with van der Waals surface area (Å²) >= 11 is 0. The lowest BCUT2D eigenvalue weighted by molar-refractivity contribution is 0.351. The smallest absolute Gasteiger partial charge is 0.196 e. The highest BCUT2D eigenvalue weighted by Crippen LogP contribution is 2.25. The highest BCUT2D eigenvalue weighted by atomic mass is 16.7. The van der Waals surface area contributed by atoms with Crippen LogP contribution in [0.3, 0.4) is 0 Å². The van der Waals surface area contributed by atoms with E-state index in [9.17, 15) is 0 Å². The van der Waals surface area contributed by atoms with Crippen molar-refractivity contribution in [2.75, 3.05) is 12.6 Å². The van der Waals surface area contributed by atoms with Crippen LogP contribution in [-0.2, 0) is 0 Å². The standard InChI is InChI=1S/C13H13NO2/c1-15-12-9-5-6-10-13(12)16-14-11-7-3-2-4-8-11/h2-10,14H,1H3. The molecule has 0 amide bonds. The predicted molar refractivity (Wildman–Crippen MR) is 63.7 cm³/mol. The van der Waals surface area contributed by atoms with Crippen LogP contribution in [0.2, 0.25) is 0 Å². The molecule has 2 aromatic carbocycles. The second-order valence-corrected chi connectivity index (χ2v) is 3.22. The maximum atomic E-state index is 5.44.